The molecule has 0 bridgehead atoms. The predicted octanol–water partition coefficient (Wildman–Crippen LogP) is 2.37. The summed E-state index contributed by atoms with van der Waals surface area (Å²) >= 11 is 0. The summed E-state index contributed by atoms with van der Waals surface area (Å²) in [5.74, 6) is 0.832. The molecule has 128 valence electrons. The Labute approximate surface area is 143 Å². The van der Waals surface area contributed by atoms with Gasteiger partial charge in [-0.3, -0.25) is 14.8 Å². The van der Waals surface area contributed by atoms with E-state index >= 15 is 0 Å². The molecule has 2 aromatic rings. The number of nitrogens with zero attached hydrogens (tertiary/aromatic N) is 2. The van der Waals surface area contributed by atoms with E-state index in [2.05, 4.69) is 50.7 Å². The molecule has 1 unspecified atom stereocenters. The summed E-state index contributed by atoms with van der Waals surface area (Å²) in [7, 11) is 0. The molecular weight excluding hydrogens is 300 g/mol. The van der Waals surface area contributed by atoms with Gasteiger partial charge in [0, 0.05) is 32.3 Å². The molecular formula is C19H26N4O. The number of rotatable bonds is 8. The Balaban J connectivity index is 1.29. The van der Waals surface area contributed by atoms with Crippen molar-refractivity contribution in [1.29, 1.82) is 0 Å². The van der Waals surface area contributed by atoms with E-state index < -0.39 is 0 Å². The van der Waals surface area contributed by atoms with Crippen molar-refractivity contribution in [2.75, 3.05) is 19.6 Å². The summed E-state index contributed by atoms with van der Waals surface area (Å²) in [5.41, 5.74) is 2.46. The maximum atomic E-state index is 11.9. The molecule has 0 radical (unpaired) electrons. The SMILES string of the molecule is O=C(CCc1cn[nH]c1)NCCC1CCN(Cc2ccccc2)C1. The molecule has 0 spiro atoms. The van der Waals surface area contributed by atoms with Crippen LogP contribution in [0.25, 0.3) is 0 Å². The van der Waals surface area contributed by atoms with Crippen molar-refractivity contribution in [1.82, 2.24) is 20.4 Å². The van der Waals surface area contributed by atoms with Crippen LogP contribution >= 0.6 is 0 Å². The van der Waals surface area contributed by atoms with Gasteiger partial charge in [0.1, 0.15) is 0 Å². The molecule has 1 aromatic heterocycles. The average molecular weight is 326 g/mol. The summed E-state index contributed by atoms with van der Waals surface area (Å²) in [4.78, 5) is 14.4. The molecule has 1 aliphatic heterocycles. The summed E-state index contributed by atoms with van der Waals surface area (Å²) in [6.07, 6.45) is 7.20. The first-order chi connectivity index (χ1) is 11.8. The van der Waals surface area contributed by atoms with E-state index in [1.807, 2.05) is 6.20 Å². The highest BCUT2D eigenvalue weighted by Crippen LogP contribution is 2.21. The van der Waals surface area contributed by atoms with Crippen molar-refractivity contribution in [3.8, 4) is 0 Å². The number of amides is 1. The number of hydrogen-bond donors (Lipinski definition) is 2. The lowest BCUT2D eigenvalue weighted by Gasteiger charge is -2.16. The molecule has 5 heteroatoms. The fourth-order valence-corrected chi connectivity index (χ4v) is 3.31. The molecule has 5 nitrogen and oxygen atoms in total. The molecule has 24 heavy (non-hydrogen) atoms. The second-order valence-corrected chi connectivity index (χ2v) is 6.62. The van der Waals surface area contributed by atoms with Crippen LogP contribution in [0.3, 0.4) is 0 Å². The van der Waals surface area contributed by atoms with Gasteiger partial charge in [-0.25, -0.2) is 0 Å². The summed E-state index contributed by atoms with van der Waals surface area (Å²) in [6, 6.07) is 10.6. The Bertz CT molecular complexity index is 612. The number of aryl methyl sites for hydroxylation is 1. The largest absolute Gasteiger partial charge is 0.356 e. The minimum atomic E-state index is 0.135. The monoisotopic (exact) mass is 326 g/mol. The summed E-state index contributed by atoms with van der Waals surface area (Å²) in [6.45, 7) is 4.12. The van der Waals surface area contributed by atoms with Gasteiger partial charge in [0.2, 0.25) is 5.91 Å². The maximum Gasteiger partial charge on any atom is 0.220 e. The highest BCUT2D eigenvalue weighted by molar-refractivity contribution is 5.76. The van der Waals surface area contributed by atoms with Gasteiger partial charge in [-0.1, -0.05) is 30.3 Å². The van der Waals surface area contributed by atoms with Crippen LogP contribution in [0.2, 0.25) is 0 Å². The van der Waals surface area contributed by atoms with Gasteiger partial charge < -0.3 is 5.32 Å². The predicted molar refractivity (Wildman–Crippen MR) is 94.4 cm³/mol. The number of nitrogens with one attached hydrogen (secondary N) is 2. The molecule has 1 aromatic carbocycles. The smallest absolute Gasteiger partial charge is 0.220 e. The number of H-pyrrole nitrogens is 1. The van der Waals surface area contributed by atoms with Gasteiger partial charge in [0.15, 0.2) is 0 Å². The van der Waals surface area contributed by atoms with Crippen molar-refractivity contribution in [3.05, 3.63) is 53.9 Å². The van der Waals surface area contributed by atoms with Gasteiger partial charge in [-0.2, -0.15) is 5.10 Å². The second-order valence-electron chi connectivity index (χ2n) is 6.62. The van der Waals surface area contributed by atoms with E-state index in [0.717, 1.165) is 44.6 Å². The number of hydrogen-bond acceptors (Lipinski definition) is 3. The third-order valence-electron chi connectivity index (χ3n) is 4.69. The molecule has 1 amide bonds. The fraction of sp³-hybridized carbons (Fsp3) is 0.474. The van der Waals surface area contributed by atoms with Crippen LogP contribution in [0, 0.1) is 5.92 Å². The van der Waals surface area contributed by atoms with Crippen LogP contribution in [-0.2, 0) is 17.8 Å². The zero-order valence-electron chi connectivity index (χ0n) is 14.1. The van der Waals surface area contributed by atoms with Crippen molar-refractivity contribution in [3.63, 3.8) is 0 Å². The van der Waals surface area contributed by atoms with Crippen molar-refractivity contribution >= 4 is 5.91 Å². The molecule has 1 fully saturated rings. The Hall–Kier alpha value is -2.14. The second kappa shape index (κ2) is 8.64. The number of carbonyl (C=O) groups excluding carboxylic acids is 1. The van der Waals surface area contributed by atoms with E-state index in [9.17, 15) is 4.79 Å². The molecule has 1 atom stereocenters. The van der Waals surface area contributed by atoms with E-state index in [1.165, 1.54) is 12.0 Å². The average Bonchev–Trinajstić information content (AvgIpc) is 3.26. The topological polar surface area (TPSA) is 61.0 Å². The van der Waals surface area contributed by atoms with Crippen LogP contribution in [-0.4, -0.2) is 40.6 Å². The third kappa shape index (κ3) is 5.20. The number of carbonyl (C=O) groups is 1. The third-order valence-corrected chi connectivity index (χ3v) is 4.69. The van der Waals surface area contributed by atoms with Crippen LogP contribution < -0.4 is 5.32 Å². The lowest BCUT2D eigenvalue weighted by Crippen LogP contribution is -2.27. The zero-order chi connectivity index (χ0) is 16.6. The Kier molecular flexibility index (Phi) is 6.01. The zero-order valence-corrected chi connectivity index (χ0v) is 14.1. The van der Waals surface area contributed by atoms with Gasteiger partial charge in [0.05, 0.1) is 6.20 Å². The van der Waals surface area contributed by atoms with E-state index in [4.69, 9.17) is 0 Å². The lowest BCUT2D eigenvalue weighted by molar-refractivity contribution is -0.121. The maximum absolute atomic E-state index is 11.9. The fourth-order valence-electron chi connectivity index (χ4n) is 3.31. The quantitative estimate of drug-likeness (QED) is 0.783. The molecule has 1 saturated heterocycles. The molecule has 2 heterocycles. The number of benzene rings is 1. The van der Waals surface area contributed by atoms with Gasteiger partial charge >= 0.3 is 0 Å². The minimum Gasteiger partial charge on any atom is -0.356 e. The number of aromatic amines is 1. The summed E-state index contributed by atoms with van der Waals surface area (Å²) in [5, 5.41) is 9.71. The highest BCUT2D eigenvalue weighted by atomic mass is 16.1. The molecule has 3 rings (SSSR count). The standard InChI is InChI=1S/C19H26N4O/c24-19(7-6-18-12-21-22-13-18)20-10-8-17-9-11-23(15-17)14-16-4-2-1-3-5-16/h1-5,12-13,17H,6-11,14-15H2,(H,20,24)(H,21,22). The van der Waals surface area contributed by atoms with Gasteiger partial charge in [-0.15, -0.1) is 0 Å². The first-order valence-corrected chi connectivity index (χ1v) is 8.80. The van der Waals surface area contributed by atoms with Crippen LogP contribution in [0.5, 0.6) is 0 Å². The molecule has 0 saturated carbocycles. The Morgan fingerprint density at radius 1 is 1.29 bits per heavy atom. The van der Waals surface area contributed by atoms with Crippen molar-refractivity contribution in [2.45, 2.75) is 32.2 Å². The normalized spacial score (nSPS) is 17.9. The Morgan fingerprint density at radius 3 is 2.96 bits per heavy atom. The van der Waals surface area contributed by atoms with Gasteiger partial charge in [-0.05, 0) is 42.9 Å². The van der Waals surface area contributed by atoms with Crippen molar-refractivity contribution in [2.24, 2.45) is 5.92 Å². The van der Waals surface area contributed by atoms with Crippen LogP contribution in [0.1, 0.15) is 30.4 Å². The van der Waals surface area contributed by atoms with Gasteiger partial charge in [0.25, 0.3) is 0 Å². The van der Waals surface area contributed by atoms with Crippen LogP contribution in [0.4, 0.5) is 0 Å². The minimum absolute atomic E-state index is 0.135. The summed E-state index contributed by atoms with van der Waals surface area (Å²) < 4.78 is 0. The van der Waals surface area contributed by atoms with E-state index in [-0.39, 0.29) is 5.91 Å². The highest BCUT2D eigenvalue weighted by Gasteiger charge is 2.22. The Morgan fingerprint density at radius 2 is 2.17 bits per heavy atom. The number of aromatic nitrogens is 2. The van der Waals surface area contributed by atoms with E-state index in [0.29, 0.717) is 12.3 Å². The number of likely N-dealkylation sites (tertiary alicyclic amines) is 1. The first-order valence-electron chi connectivity index (χ1n) is 8.80. The molecule has 0 aliphatic carbocycles. The molecule has 1 aliphatic rings. The lowest BCUT2D eigenvalue weighted by atomic mass is 10.1. The molecule has 2 N–H and O–H groups in total. The van der Waals surface area contributed by atoms with E-state index in [1.54, 1.807) is 6.20 Å². The van der Waals surface area contributed by atoms with Crippen molar-refractivity contribution < 1.29 is 4.79 Å². The first kappa shape index (κ1) is 16.7. The van der Waals surface area contributed by atoms with Crippen LogP contribution in [0.15, 0.2) is 42.7 Å².